The standard InChI is InChI=1S/C18H24ClN3O2/c19-16-4-1-15(2-5-16)12-21-9-10-22(13-18(21)24)17(23)6-3-14-7-8-20-11-14/h1-2,4-5,14,20H,3,6-13H2. The molecule has 2 saturated heterocycles. The zero-order valence-corrected chi connectivity index (χ0v) is 14.6. The molecule has 0 aliphatic carbocycles. The Morgan fingerprint density at radius 2 is 2.04 bits per heavy atom. The highest BCUT2D eigenvalue weighted by Crippen LogP contribution is 2.17. The van der Waals surface area contributed by atoms with Crippen molar-refractivity contribution >= 4 is 23.4 Å². The zero-order chi connectivity index (χ0) is 16.9. The number of rotatable bonds is 5. The summed E-state index contributed by atoms with van der Waals surface area (Å²) in [7, 11) is 0. The Hall–Kier alpha value is -1.59. The molecule has 24 heavy (non-hydrogen) atoms. The van der Waals surface area contributed by atoms with Gasteiger partial charge >= 0.3 is 0 Å². The minimum Gasteiger partial charge on any atom is -0.335 e. The number of halogens is 1. The van der Waals surface area contributed by atoms with E-state index in [1.165, 1.54) is 0 Å². The molecule has 2 aliphatic rings. The molecule has 3 rings (SSSR count). The van der Waals surface area contributed by atoms with E-state index in [4.69, 9.17) is 11.6 Å². The molecule has 0 aromatic heterocycles. The first kappa shape index (κ1) is 17.2. The van der Waals surface area contributed by atoms with E-state index in [0.29, 0.717) is 37.0 Å². The molecule has 1 aromatic rings. The molecule has 1 atom stereocenters. The van der Waals surface area contributed by atoms with Crippen molar-refractivity contribution in [2.24, 2.45) is 5.92 Å². The number of hydrogen-bond acceptors (Lipinski definition) is 3. The van der Waals surface area contributed by atoms with Crippen molar-refractivity contribution in [1.29, 1.82) is 0 Å². The molecular weight excluding hydrogens is 326 g/mol. The highest BCUT2D eigenvalue weighted by Gasteiger charge is 2.27. The van der Waals surface area contributed by atoms with Gasteiger partial charge in [-0.25, -0.2) is 0 Å². The highest BCUT2D eigenvalue weighted by molar-refractivity contribution is 6.30. The predicted octanol–water partition coefficient (Wildman–Crippen LogP) is 1.90. The van der Waals surface area contributed by atoms with Crippen molar-refractivity contribution in [1.82, 2.24) is 15.1 Å². The normalized spacial score (nSPS) is 21.4. The van der Waals surface area contributed by atoms with Crippen LogP contribution in [0.5, 0.6) is 0 Å². The summed E-state index contributed by atoms with van der Waals surface area (Å²) in [6.07, 6.45) is 2.63. The number of carbonyl (C=O) groups is 2. The van der Waals surface area contributed by atoms with E-state index in [-0.39, 0.29) is 18.4 Å². The largest absolute Gasteiger partial charge is 0.335 e. The fraction of sp³-hybridized carbons (Fsp3) is 0.556. The van der Waals surface area contributed by atoms with Crippen molar-refractivity contribution in [2.75, 3.05) is 32.7 Å². The zero-order valence-electron chi connectivity index (χ0n) is 13.8. The molecule has 2 amide bonds. The van der Waals surface area contributed by atoms with Gasteiger partial charge in [-0.15, -0.1) is 0 Å². The van der Waals surface area contributed by atoms with Gasteiger partial charge < -0.3 is 15.1 Å². The molecule has 2 aliphatic heterocycles. The van der Waals surface area contributed by atoms with E-state index in [1.54, 1.807) is 4.90 Å². The van der Waals surface area contributed by atoms with Gasteiger partial charge in [0.05, 0.1) is 6.54 Å². The minimum atomic E-state index is 0.0204. The summed E-state index contributed by atoms with van der Waals surface area (Å²) in [6.45, 7) is 4.07. The maximum atomic E-state index is 12.3. The first-order valence-corrected chi connectivity index (χ1v) is 9.00. The van der Waals surface area contributed by atoms with Crippen LogP contribution in [0.2, 0.25) is 5.02 Å². The molecule has 1 N–H and O–H groups in total. The maximum absolute atomic E-state index is 12.3. The van der Waals surface area contributed by atoms with E-state index in [2.05, 4.69) is 5.32 Å². The van der Waals surface area contributed by atoms with Crippen LogP contribution in [0, 0.1) is 5.92 Å². The van der Waals surface area contributed by atoms with Crippen LogP contribution in [-0.4, -0.2) is 54.3 Å². The lowest BCUT2D eigenvalue weighted by Crippen LogP contribution is -2.51. The second-order valence-electron chi connectivity index (χ2n) is 6.65. The molecule has 5 nitrogen and oxygen atoms in total. The summed E-state index contributed by atoms with van der Waals surface area (Å²) < 4.78 is 0. The van der Waals surface area contributed by atoms with Crippen molar-refractivity contribution in [3.8, 4) is 0 Å². The van der Waals surface area contributed by atoms with Gasteiger partial charge in [-0.3, -0.25) is 9.59 Å². The van der Waals surface area contributed by atoms with Gasteiger partial charge in [0.15, 0.2) is 0 Å². The number of hydrogen-bond donors (Lipinski definition) is 1. The summed E-state index contributed by atoms with van der Waals surface area (Å²) in [5.41, 5.74) is 1.06. The monoisotopic (exact) mass is 349 g/mol. The number of amides is 2. The van der Waals surface area contributed by atoms with Crippen molar-refractivity contribution in [2.45, 2.75) is 25.8 Å². The molecule has 0 bridgehead atoms. The summed E-state index contributed by atoms with van der Waals surface area (Å²) >= 11 is 5.89. The number of carbonyl (C=O) groups excluding carboxylic acids is 2. The lowest BCUT2D eigenvalue weighted by atomic mass is 10.0. The molecule has 0 spiro atoms. The molecular formula is C18H24ClN3O2. The van der Waals surface area contributed by atoms with Crippen molar-refractivity contribution in [3.05, 3.63) is 34.9 Å². The van der Waals surface area contributed by atoms with Gasteiger partial charge in [0.1, 0.15) is 0 Å². The van der Waals surface area contributed by atoms with E-state index >= 15 is 0 Å². The minimum absolute atomic E-state index is 0.0204. The Morgan fingerprint density at radius 3 is 2.71 bits per heavy atom. The lowest BCUT2D eigenvalue weighted by molar-refractivity contribution is -0.145. The number of piperazine rings is 1. The third-order valence-electron chi connectivity index (χ3n) is 4.89. The third-order valence-corrected chi connectivity index (χ3v) is 5.14. The molecule has 2 fully saturated rings. The van der Waals surface area contributed by atoms with Gasteiger partial charge in [0.2, 0.25) is 11.8 Å². The first-order chi connectivity index (χ1) is 11.6. The lowest BCUT2D eigenvalue weighted by Gasteiger charge is -2.34. The Labute approximate surface area is 147 Å². The molecule has 2 heterocycles. The average Bonchev–Trinajstić information content (AvgIpc) is 3.10. The molecule has 130 valence electrons. The van der Waals surface area contributed by atoms with Gasteiger partial charge in [0.25, 0.3) is 0 Å². The number of benzene rings is 1. The Balaban J connectivity index is 1.46. The van der Waals surface area contributed by atoms with Gasteiger partial charge in [-0.2, -0.15) is 0 Å². The summed E-state index contributed by atoms with van der Waals surface area (Å²) in [6, 6.07) is 7.53. The van der Waals surface area contributed by atoms with Crippen LogP contribution < -0.4 is 5.32 Å². The summed E-state index contributed by atoms with van der Waals surface area (Å²) in [4.78, 5) is 28.2. The fourth-order valence-electron chi connectivity index (χ4n) is 3.35. The highest BCUT2D eigenvalue weighted by atomic mass is 35.5. The fourth-order valence-corrected chi connectivity index (χ4v) is 3.47. The third kappa shape index (κ3) is 4.48. The average molecular weight is 350 g/mol. The molecule has 1 unspecified atom stereocenters. The van der Waals surface area contributed by atoms with Gasteiger partial charge in [-0.05, 0) is 49.5 Å². The Morgan fingerprint density at radius 1 is 1.25 bits per heavy atom. The molecule has 0 radical (unpaired) electrons. The molecule has 6 heteroatoms. The second kappa shape index (κ2) is 7.99. The smallest absolute Gasteiger partial charge is 0.242 e. The number of nitrogens with one attached hydrogen (secondary N) is 1. The summed E-state index contributed by atoms with van der Waals surface area (Å²) in [5.74, 6) is 0.740. The van der Waals surface area contributed by atoms with E-state index in [0.717, 1.165) is 31.5 Å². The quantitative estimate of drug-likeness (QED) is 0.883. The van der Waals surface area contributed by atoms with Crippen LogP contribution in [0.1, 0.15) is 24.8 Å². The summed E-state index contributed by atoms with van der Waals surface area (Å²) in [5, 5.41) is 4.01. The van der Waals surface area contributed by atoms with E-state index < -0.39 is 0 Å². The Bertz CT molecular complexity index is 584. The van der Waals surface area contributed by atoms with Crippen LogP contribution in [0.25, 0.3) is 0 Å². The van der Waals surface area contributed by atoms with Crippen LogP contribution in [0.15, 0.2) is 24.3 Å². The topological polar surface area (TPSA) is 52.7 Å². The SMILES string of the molecule is O=C(CCC1CCNC1)N1CCN(Cc2ccc(Cl)cc2)C(=O)C1. The molecule has 1 aromatic carbocycles. The van der Waals surface area contributed by atoms with Crippen molar-refractivity contribution in [3.63, 3.8) is 0 Å². The van der Waals surface area contributed by atoms with Crippen molar-refractivity contribution < 1.29 is 9.59 Å². The second-order valence-corrected chi connectivity index (χ2v) is 7.09. The van der Waals surface area contributed by atoms with E-state index in [1.807, 2.05) is 29.2 Å². The van der Waals surface area contributed by atoms with Crippen LogP contribution in [0.4, 0.5) is 0 Å². The van der Waals surface area contributed by atoms with Crippen LogP contribution >= 0.6 is 11.6 Å². The number of nitrogens with zero attached hydrogens (tertiary/aromatic N) is 2. The van der Waals surface area contributed by atoms with Crippen LogP contribution in [-0.2, 0) is 16.1 Å². The predicted molar refractivity (Wildman–Crippen MR) is 93.7 cm³/mol. The van der Waals surface area contributed by atoms with E-state index in [9.17, 15) is 9.59 Å². The van der Waals surface area contributed by atoms with Gasteiger partial charge in [0, 0.05) is 31.1 Å². The van der Waals surface area contributed by atoms with Crippen LogP contribution in [0.3, 0.4) is 0 Å². The Kier molecular flexibility index (Phi) is 5.74. The maximum Gasteiger partial charge on any atom is 0.242 e. The van der Waals surface area contributed by atoms with Gasteiger partial charge in [-0.1, -0.05) is 23.7 Å². The molecule has 0 saturated carbocycles. The first-order valence-electron chi connectivity index (χ1n) is 8.62.